The van der Waals surface area contributed by atoms with Gasteiger partial charge >= 0.3 is 0 Å². The van der Waals surface area contributed by atoms with E-state index in [1.54, 1.807) is 0 Å². The van der Waals surface area contributed by atoms with E-state index in [0.29, 0.717) is 13.0 Å². The van der Waals surface area contributed by atoms with Gasteiger partial charge in [-0.15, -0.1) is 0 Å². The summed E-state index contributed by atoms with van der Waals surface area (Å²) in [6.07, 6.45) is 11.1. The molecule has 1 fully saturated rings. The van der Waals surface area contributed by atoms with Crippen LogP contribution in [-0.2, 0) is 24.4 Å². The second kappa shape index (κ2) is 13.5. The van der Waals surface area contributed by atoms with E-state index in [-0.39, 0.29) is 0 Å². The van der Waals surface area contributed by atoms with E-state index >= 15 is 0 Å². The van der Waals surface area contributed by atoms with Gasteiger partial charge in [0, 0.05) is 44.1 Å². The third-order valence-electron chi connectivity index (χ3n) is 7.03. The van der Waals surface area contributed by atoms with Crippen LogP contribution in [0.3, 0.4) is 0 Å². The molecule has 214 valence electrons. The van der Waals surface area contributed by atoms with Crippen molar-refractivity contribution < 1.29 is 4.79 Å². The van der Waals surface area contributed by atoms with Crippen LogP contribution in [0.1, 0.15) is 43.6 Å². The molecular formula is C30H37N9OS. The molecule has 5 heterocycles. The molecule has 4 aromatic heterocycles. The summed E-state index contributed by atoms with van der Waals surface area (Å²) >= 11 is 1.48. The van der Waals surface area contributed by atoms with Crippen LogP contribution in [0.25, 0.3) is 16.9 Å². The molecule has 1 aliphatic heterocycles. The Labute approximate surface area is 244 Å². The summed E-state index contributed by atoms with van der Waals surface area (Å²) in [5, 5.41) is 11.4. The number of aromatic nitrogens is 6. The van der Waals surface area contributed by atoms with Gasteiger partial charge in [-0.1, -0.05) is 37.3 Å². The topological polar surface area (TPSA) is 105 Å². The standard InChI is InChI=1S/C22H28N8S.C8H9NO/c1-4-29-13-17(9-24-29)19-10-23-22-21(25-16(3)12-30(19)22)26-20-8-18(27-31-20)14-28-7-5-6-15(2)11-28;10-7-9-6-8-4-2-1-3-5-8/h8-10,12-13,15H,4-7,11,14H2,1-3H3,(H,25,26);1-5,7H,6H2,(H,9,10). The zero-order valence-corrected chi connectivity index (χ0v) is 24.6. The fraction of sp³-hybridized carbons (Fsp3) is 0.367. The minimum atomic E-state index is 0.615. The number of nitrogens with zero attached hydrogens (tertiary/aromatic N) is 7. The molecule has 0 spiro atoms. The highest BCUT2D eigenvalue weighted by Gasteiger charge is 2.18. The van der Waals surface area contributed by atoms with E-state index in [2.05, 4.69) is 54.3 Å². The Morgan fingerprint density at radius 2 is 2.02 bits per heavy atom. The Morgan fingerprint density at radius 1 is 1.17 bits per heavy atom. The number of benzene rings is 1. The van der Waals surface area contributed by atoms with Crippen LogP contribution in [-0.4, -0.2) is 52.9 Å². The van der Waals surface area contributed by atoms with Crippen molar-refractivity contribution in [3.63, 3.8) is 0 Å². The Kier molecular flexibility index (Phi) is 9.37. The Morgan fingerprint density at radius 3 is 2.78 bits per heavy atom. The Hall–Kier alpha value is -4.09. The third kappa shape index (κ3) is 7.36. The van der Waals surface area contributed by atoms with Crippen LogP contribution in [0, 0.1) is 12.8 Å². The van der Waals surface area contributed by atoms with Crippen molar-refractivity contribution in [2.45, 2.75) is 53.2 Å². The molecule has 0 aliphatic carbocycles. The molecule has 1 unspecified atom stereocenters. The average molecular weight is 572 g/mol. The number of nitrogens with one attached hydrogen (secondary N) is 2. The van der Waals surface area contributed by atoms with Crippen LogP contribution >= 0.6 is 11.5 Å². The smallest absolute Gasteiger partial charge is 0.207 e. The normalized spacial score (nSPS) is 15.3. The monoisotopic (exact) mass is 571 g/mol. The second-order valence-corrected chi connectivity index (χ2v) is 11.2. The number of hydrogen-bond acceptors (Lipinski definition) is 8. The van der Waals surface area contributed by atoms with E-state index in [9.17, 15) is 4.79 Å². The predicted octanol–water partition coefficient (Wildman–Crippen LogP) is 5.29. The summed E-state index contributed by atoms with van der Waals surface area (Å²) < 4.78 is 8.67. The van der Waals surface area contributed by atoms with Gasteiger partial charge in [0.1, 0.15) is 5.00 Å². The van der Waals surface area contributed by atoms with Gasteiger partial charge in [0.05, 0.1) is 29.5 Å². The molecule has 1 amide bonds. The molecular weight excluding hydrogens is 534 g/mol. The molecule has 6 rings (SSSR count). The maximum atomic E-state index is 9.87. The summed E-state index contributed by atoms with van der Waals surface area (Å²) in [5.41, 5.74) is 6.00. The highest BCUT2D eigenvalue weighted by Crippen LogP contribution is 2.28. The quantitative estimate of drug-likeness (QED) is 0.232. The summed E-state index contributed by atoms with van der Waals surface area (Å²) in [6.45, 7) is 11.1. The highest BCUT2D eigenvalue weighted by molar-refractivity contribution is 7.10. The van der Waals surface area contributed by atoms with E-state index in [1.165, 1.54) is 24.4 Å². The lowest BCUT2D eigenvalue weighted by molar-refractivity contribution is -0.109. The average Bonchev–Trinajstić information content (AvgIpc) is 3.73. The third-order valence-corrected chi connectivity index (χ3v) is 7.77. The SMILES string of the molecule is CCn1cc(-c2cnc3c(Nc4cc(CN5CCCC(C)C5)ns4)nc(C)cn23)cn1.O=CNCc1ccccc1. The molecule has 1 atom stereocenters. The fourth-order valence-corrected chi connectivity index (χ4v) is 5.71. The summed E-state index contributed by atoms with van der Waals surface area (Å²) in [5.74, 6) is 1.52. The maximum absolute atomic E-state index is 9.87. The second-order valence-electron chi connectivity index (χ2n) is 10.4. The number of fused-ring (bicyclic) bond motifs is 1. The van der Waals surface area contributed by atoms with Gasteiger partial charge in [-0.3, -0.25) is 18.8 Å². The lowest BCUT2D eigenvalue weighted by Gasteiger charge is -2.30. The number of carbonyl (C=O) groups is 1. The van der Waals surface area contributed by atoms with E-state index in [4.69, 9.17) is 4.98 Å². The van der Waals surface area contributed by atoms with Gasteiger partial charge in [0.15, 0.2) is 11.5 Å². The number of amides is 1. The molecule has 1 aromatic carbocycles. The van der Waals surface area contributed by atoms with Crippen molar-refractivity contribution in [3.8, 4) is 11.3 Å². The lowest BCUT2D eigenvalue weighted by atomic mass is 10.0. The van der Waals surface area contributed by atoms with Crippen LogP contribution in [0.4, 0.5) is 10.8 Å². The van der Waals surface area contributed by atoms with Crippen molar-refractivity contribution in [3.05, 3.63) is 78.1 Å². The molecule has 0 radical (unpaired) electrons. The summed E-state index contributed by atoms with van der Waals surface area (Å²) in [6, 6.07) is 11.9. The maximum Gasteiger partial charge on any atom is 0.207 e. The first-order chi connectivity index (χ1) is 20.0. The van der Waals surface area contributed by atoms with Crippen molar-refractivity contribution in [1.29, 1.82) is 0 Å². The number of aryl methyl sites for hydroxylation is 2. The number of piperidine rings is 1. The minimum Gasteiger partial charge on any atom is -0.355 e. The fourth-order valence-electron chi connectivity index (χ4n) is 5.05. The number of hydrogen-bond donors (Lipinski definition) is 2. The molecule has 2 N–H and O–H groups in total. The molecule has 1 saturated heterocycles. The van der Waals surface area contributed by atoms with Crippen molar-refractivity contribution in [1.82, 2.24) is 38.7 Å². The van der Waals surface area contributed by atoms with Gasteiger partial charge in [0.25, 0.3) is 0 Å². The molecule has 11 heteroatoms. The van der Waals surface area contributed by atoms with Crippen LogP contribution in [0.15, 0.2) is 61.2 Å². The van der Waals surface area contributed by atoms with Crippen LogP contribution in [0.5, 0.6) is 0 Å². The zero-order chi connectivity index (χ0) is 28.6. The first-order valence-corrected chi connectivity index (χ1v) is 14.8. The number of rotatable bonds is 9. The molecule has 5 aromatic rings. The number of likely N-dealkylation sites (tertiary alicyclic amines) is 1. The van der Waals surface area contributed by atoms with Gasteiger partial charge in [-0.05, 0) is 62.3 Å². The molecule has 1 aliphatic rings. The zero-order valence-electron chi connectivity index (χ0n) is 23.8. The van der Waals surface area contributed by atoms with Crippen LogP contribution in [0.2, 0.25) is 0 Å². The van der Waals surface area contributed by atoms with Crippen molar-refractivity contribution >= 4 is 34.4 Å². The van der Waals surface area contributed by atoms with E-state index in [1.807, 2.05) is 66.7 Å². The number of imidazole rings is 1. The van der Waals surface area contributed by atoms with E-state index in [0.717, 1.165) is 76.8 Å². The Balaban J connectivity index is 0.000000287. The minimum absolute atomic E-state index is 0.615. The summed E-state index contributed by atoms with van der Waals surface area (Å²) in [4.78, 5) is 21.7. The molecule has 41 heavy (non-hydrogen) atoms. The first kappa shape index (κ1) is 28.4. The molecule has 10 nitrogen and oxygen atoms in total. The largest absolute Gasteiger partial charge is 0.355 e. The highest BCUT2D eigenvalue weighted by atomic mass is 32.1. The first-order valence-electron chi connectivity index (χ1n) is 14.1. The number of anilines is 2. The van der Waals surface area contributed by atoms with E-state index < -0.39 is 0 Å². The predicted molar refractivity (Wildman–Crippen MR) is 163 cm³/mol. The van der Waals surface area contributed by atoms with Gasteiger partial charge in [0.2, 0.25) is 6.41 Å². The van der Waals surface area contributed by atoms with Crippen molar-refractivity contribution in [2.24, 2.45) is 5.92 Å². The van der Waals surface area contributed by atoms with Gasteiger partial charge in [-0.2, -0.15) is 9.47 Å². The Bertz CT molecular complexity index is 1560. The molecule has 0 bridgehead atoms. The summed E-state index contributed by atoms with van der Waals surface area (Å²) in [7, 11) is 0. The van der Waals surface area contributed by atoms with Gasteiger partial charge < -0.3 is 10.6 Å². The lowest BCUT2D eigenvalue weighted by Crippen LogP contribution is -2.33. The van der Waals surface area contributed by atoms with Gasteiger partial charge in [-0.25, -0.2) is 9.97 Å². The van der Waals surface area contributed by atoms with Crippen molar-refractivity contribution in [2.75, 3.05) is 18.4 Å². The van der Waals surface area contributed by atoms with Crippen LogP contribution < -0.4 is 10.6 Å². The molecule has 0 saturated carbocycles. The number of carbonyl (C=O) groups excluding carboxylic acids is 1.